The third-order valence-corrected chi connectivity index (χ3v) is 3.34. The van der Waals surface area contributed by atoms with Gasteiger partial charge in [-0.2, -0.15) is 5.10 Å². The lowest BCUT2D eigenvalue weighted by Gasteiger charge is -2.12. The highest BCUT2D eigenvalue weighted by atomic mass is 16.5. The Balaban J connectivity index is 2.10. The predicted molar refractivity (Wildman–Crippen MR) is 78.8 cm³/mol. The molecule has 1 aromatic heterocycles. The van der Waals surface area contributed by atoms with Crippen molar-refractivity contribution in [3.8, 4) is 5.75 Å². The normalized spacial score (nSPS) is 12.4. The Morgan fingerprint density at radius 3 is 2.65 bits per heavy atom. The molecule has 0 amide bonds. The topological polar surface area (TPSA) is 47.3 Å². The summed E-state index contributed by atoms with van der Waals surface area (Å²) in [5, 5.41) is 14.0. The van der Waals surface area contributed by atoms with Crippen LogP contribution in [0.25, 0.3) is 0 Å². The molecule has 0 saturated carbocycles. The Labute approximate surface area is 120 Å². The van der Waals surface area contributed by atoms with Gasteiger partial charge in [-0.15, -0.1) is 0 Å². The summed E-state index contributed by atoms with van der Waals surface area (Å²) >= 11 is 0. The zero-order valence-corrected chi connectivity index (χ0v) is 12.6. The summed E-state index contributed by atoms with van der Waals surface area (Å²) in [5.41, 5.74) is 4.02. The van der Waals surface area contributed by atoms with Crippen molar-refractivity contribution in [2.45, 2.75) is 47.0 Å². The molecule has 0 saturated heterocycles. The van der Waals surface area contributed by atoms with Gasteiger partial charge in [0.1, 0.15) is 12.4 Å². The zero-order valence-electron chi connectivity index (χ0n) is 12.6. The van der Waals surface area contributed by atoms with Gasteiger partial charge < -0.3 is 9.84 Å². The number of aliphatic hydroxyl groups is 1. The van der Waals surface area contributed by atoms with Crippen LogP contribution in [-0.2, 0) is 13.2 Å². The number of rotatable bonds is 5. The molecule has 4 heteroatoms. The average molecular weight is 274 g/mol. The number of benzene rings is 1. The highest BCUT2D eigenvalue weighted by Crippen LogP contribution is 2.23. The van der Waals surface area contributed by atoms with Crippen LogP contribution in [-0.4, -0.2) is 14.9 Å². The van der Waals surface area contributed by atoms with E-state index < -0.39 is 6.10 Å². The van der Waals surface area contributed by atoms with E-state index in [-0.39, 0.29) is 0 Å². The fourth-order valence-electron chi connectivity index (χ4n) is 2.24. The number of aryl methyl sites for hydroxylation is 3. The molecule has 0 unspecified atom stereocenters. The van der Waals surface area contributed by atoms with Gasteiger partial charge in [-0.1, -0.05) is 6.07 Å². The summed E-state index contributed by atoms with van der Waals surface area (Å²) in [4.78, 5) is 0. The first-order chi connectivity index (χ1) is 9.51. The van der Waals surface area contributed by atoms with Crippen LogP contribution in [0.2, 0.25) is 0 Å². The summed E-state index contributed by atoms with van der Waals surface area (Å²) in [5.74, 6) is 0.843. The highest BCUT2D eigenvalue weighted by Gasteiger charge is 2.08. The molecule has 2 aromatic rings. The summed E-state index contributed by atoms with van der Waals surface area (Å²) in [6.07, 6.45) is -0.452. The molecule has 0 spiro atoms. The number of nitrogens with zero attached hydrogens (tertiary/aromatic N) is 2. The Morgan fingerprint density at radius 1 is 1.30 bits per heavy atom. The molecule has 0 radical (unpaired) electrons. The van der Waals surface area contributed by atoms with Gasteiger partial charge in [0.25, 0.3) is 0 Å². The molecule has 2 rings (SSSR count). The average Bonchev–Trinajstić information content (AvgIpc) is 2.77. The van der Waals surface area contributed by atoms with E-state index in [4.69, 9.17) is 4.74 Å². The first kappa shape index (κ1) is 14.6. The van der Waals surface area contributed by atoms with Crippen molar-refractivity contribution in [2.24, 2.45) is 0 Å². The first-order valence-electron chi connectivity index (χ1n) is 6.96. The van der Waals surface area contributed by atoms with Crippen LogP contribution in [0.3, 0.4) is 0 Å². The SMILES string of the molecule is CCn1nc(C)cc1COc1ccc([C@@H](C)O)cc1C. The minimum absolute atomic E-state index is 0.452. The molecule has 0 bridgehead atoms. The van der Waals surface area contributed by atoms with E-state index >= 15 is 0 Å². The summed E-state index contributed by atoms with van der Waals surface area (Å²) < 4.78 is 7.82. The lowest BCUT2D eigenvalue weighted by atomic mass is 10.1. The summed E-state index contributed by atoms with van der Waals surface area (Å²) in [6, 6.07) is 7.82. The Kier molecular flexibility index (Phi) is 4.45. The van der Waals surface area contributed by atoms with Gasteiger partial charge in [-0.25, -0.2) is 0 Å². The quantitative estimate of drug-likeness (QED) is 0.911. The summed E-state index contributed by atoms with van der Waals surface area (Å²) in [6.45, 7) is 9.15. The smallest absolute Gasteiger partial charge is 0.130 e. The van der Waals surface area contributed by atoms with Crippen molar-refractivity contribution in [1.82, 2.24) is 9.78 Å². The third kappa shape index (κ3) is 3.20. The van der Waals surface area contributed by atoms with E-state index in [2.05, 4.69) is 12.0 Å². The minimum Gasteiger partial charge on any atom is -0.487 e. The Bertz CT molecular complexity index is 588. The fourth-order valence-corrected chi connectivity index (χ4v) is 2.24. The molecule has 1 N–H and O–H groups in total. The van der Waals surface area contributed by atoms with Gasteiger partial charge in [0.15, 0.2) is 0 Å². The van der Waals surface area contributed by atoms with Crippen LogP contribution < -0.4 is 4.74 Å². The molecule has 0 aliphatic carbocycles. The van der Waals surface area contributed by atoms with Crippen LogP contribution in [0.4, 0.5) is 0 Å². The number of aromatic nitrogens is 2. The Morgan fingerprint density at radius 2 is 2.05 bits per heavy atom. The maximum absolute atomic E-state index is 9.57. The molecule has 0 fully saturated rings. The van der Waals surface area contributed by atoms with Crippen LogP contribution >= 0.6 is 0 Å². The maximum Gasteiger partial charge on any atom is 0.130 e. The van der Waals surface area contributed by atoms with E-state index in [0.717, 1.165) is 34.8 Å². The highest BCUT2D eigenvalue weighted by molar-refractivity contribution is 5.37. The fraction of sp³-hybridized carbons (Fsp3) is 0.438. The van der Waals surface area contributed by atoms with Crippen molar-refractivity contribution in [3.05, 3.63) is 46.8 Å². The van der Waals surface area contributed by atoms with Crippen molar-refractivity contribution < 1.29 is 9.84 Å². The van der Waals surface area contributed by atoms with Gasteiger partial charge in [-0.3, -0.25) is 4.68 Å². The van der Waals surface area contributed by atoms with Gasteiger partial charge in [0, 0.05) is 6.54 Å². The number of hydrogen-bond donors (Lipinski definition) is 1. The monoisotopic (exact) mass is 274 g/mol. The van der Waals surface area contributed by atoms with Crippen molar-refractivity contribution in [1.29, 1.82) is 0 Å². The number of aliphatic hydroxyl groups excluding tert-OH is 1. The molecule has 20 heavy (non-hydrogen) atoms. The molecule has 1 heterocycles. The van der Waals surface area contributed by atoms with Gasteiger partial charge in [-0.05, 0) is 57.0 Å². The second-order valence-corrected chi connectivity index (χ2v) is 5.08. The van der Waals surface area contributed by atoms with Crippen molar-refractivity contribution in [2.75, 3.05) is 0 Å². The molecule has 1 aromatic carbocycles. The van der Waals surface area contributed by atoms with Crippen molar-refractivity contribution >= 4 is 0 Å². The second-order valence-electron chi connectivity index (χ2n) is 5.08. The van der Waals surface area contributed by atoms with E-state index in [1.807, 2.05) is 42.8 Å². The second kappa shape index (κ2) is 6.09. The predicted octanol–water partition coefficient (Wildman–Crippen LogP) is 3.15. The van der Waals surface area contributed by atoms with Gasteiger partial charge in [0.05, 0.1) is 17.5 Å². The lowest BCUT2D eigenvalue weighted by Crippen LogP contribution is -2.06. The third-order valence-electron chi connectivity index (χ3n) is 3.34. The van der Waals surface area contributed by atoms with Gasteiger partial charge >= 0.3 is 0 Å². The molecule has 108 valence electrons. The number of hydrogen-bond acceptors (Lipinski definition) is 3. The maximum atomic E-state index is 9.57. The van der Waals surface area contributed by atoms with Crippen LogP contribution in [0, 0.1) is 13.8 Å². The molecular weight excluding hydrogens is 252 g/mol. The van der Waals surface area contributed by atoms with E-state index in [9.17, 15) is 5.11 Å². The van der Waals surface area contributed by atoms with Gasteiger partial charge in [0.2, 0.25) is 0 Å². The summed E-state index contributed by atoms with van der Waals surface area (Å²) in [7, 11) is 0. The molecular formula is C16H22N2O2. The zero-order chi connectivity index (χ0) is 14.7. The Hall–Kier alpha value is -1.81. The number of ether oxygens (including phenoxy) is 1. The molecule has 4 nitrogen and oxygen atoms in total. The van der Waals surface area contributed by atoms with E-state index in [1.165, 1.54) is 0 Å². The standard InChI is InChI=1S/C16H22N2O2/c1-5-18-15(9-12(3)17-18)10-20-16-7-6-14(13(4)19)8-11(16)2/h6-9,13,19H,5,10H2,1-4H3/t13-/m1/s1. The van der Waals surface area contributed by atoms with E-state index in [1.54, 1.807) is 6.92 Å². The first-order valence-corrected chi connectivity index (χ1v) is 6.96. The van der Waals surface area contributed by atoms with E-state index in [0.29, 0.717) is 6.61 Å². The largest absolute Gasteiger partial charge is 0.487 e. The van der Waals surface area contributed by atoms with Crippen LogP contribution in [0.1, 0.15) is 42.5 Å². The van der Waals surface area contributed by atoms with Crippen LogP contribution in [0.5, 0.6) is 5.75 Å². The minimum atomic E-state index is -0.452. The van der Waals surface area contributed by atoms with Crippen molar-refractivity contribution in [3.63, 3.8) is 0 Å². The molecule has 0 aliphatic rings. The molecule has 0 aliphatic heterocycles. The lowest BCUT2D eigenvalue weighted by molar-refractivity contribution is 0.199. The molecule has 1 atom stereocenters. The van der Waals surface area contributed by atoms with Crippen LogP contribution in [0.15, 0.2) is 24.3 Å².